The van der Waals surface area contributed by atoms with E-state index in [1.54, 1.807) is 36.4 Å². The van der Waals surface area contributed by atoms with Gasteiger partial charge in [0.1, 0.15) is 17.2 Å². The molecule has 0 saturated carbocycles. The van der Waals surface area contributed by atoms with Crippen LogP contribution in [0, 0.1) is 0 Å². The molecule has 6 heteroatoms. The zero-order valence-electron chi connectivity index (χ0n) is 15.9. The van der Waals surface area contributed by atoms with E-state index in [0.29, 0.717) is 17.0 Å². The summed E-state index contributed by atoms with van der Waals surface area (Å²) in [5.74, 6) is 0.529. The molecule has 3 aromatic rings. The minimum atomic E-state index is -0.945. The van der Waals surface area contributed by atoms with Crippen molar-refractivity contribution in [2.75, 3.05) is 5.32 Å². The fourth-order valence-electron chi connectivity index (χ4n) is 2.55. The van der Waals surface area contributed by atoms with Crippen LogP contribution in [0.3, 0.4) is 0 Å². The maximum absolute atomic E-state index is 12.3. The highest BCUT2D eigenvalue weighted by Crippen LogP contribution is 2.22. The first kappa shape index (κ1) is 19.9. The Morgan fingerprint density at radius 1 is 0.897 bits per heavy atom. The molecule has 0 aliphatic rings. The summed E-state index contributed by atoms with van der Waals surface area (Å²) >= 11 is 0. The first-order valence-corrected chi connectivity index (χ1v) is 9.11. The molecule has 0 unspecified atom stereocenters. The van der Waals surface area contributed by atoms with Crippen LogP contribution in [0.25, 0.3) is 0 Å². The molecule has 0 aliphatic carbocycles. The van der Waals surface area contributed by atoms with Gasteiger partial charge < -0.3 is 19.9 Å². The van der Waals surface area contributed by atoms with Gasteiger partial charge in [-0.25, -0.2) is 0 Å². The fourth-order valence-corrected chi connectivity index (χ4v) is 2.55. The van der Waals surface area contributed by atoms with E-state index in [0.717, 1.165) is 5.75 Å². The van der Waals surface area contributed by atoms with Crippen LogP contribution in [-0.2, 0) is 20.7 Å². The van der Waals surface area contributed by atoms with Crippen molar-refractivity contribution in [2.45, 2.75) is 19.4 Å². The molecule has 1 atom stereocenters. The van der Waals surface area contributed by atoms with E-state index in [-0.39, 0.29) is 12.2 Å². The van der Waals surface area contributed by atoms with E-state index in [1.807, 2.05) is 30.3 Å². The number of hydrogen-bond donors (Lipinski definition) is 2. The van der Waals surface area contributed by atoms with Crippen LogP contribution in [0.15, 0.2) is 78.9 Å². The van der Waals surface area contributed by atoms with Gasteiger partial charge in [-0.05, 0) is 61.0 Å². The molecule has 1 amide bonds. The quantitative estimate of drug-likeness (QED) is 0.587. The average Bonchev–Trinajstić information content (AvgIpc) is 2.72. The average molecular weight is 391 g/mol. The van der Waals surface area contributed by atoms with Crippen molar-refractivity contribution >= 4 is 17.6 Å². The lowest BCUT2D eigenvalue weighted by atomic mass is 10.1. The highest BCUT2D eigenvalue weighted by molar-refractivity contribution is 5.95. The van der Waals surface area contributed by atoms with Gasteiger partial charge in [0.15, 0.2) is 6.10 Å². The van der Waals surface area contributed by atoms with Gasteiger partial charge in [-0.15, -0.1) is 0 Å². The number of aromatic hydroxyl groups is 1. The molecule has 0 radical (unpaired) electrons. The van der Waals surface area contributed by atoms with E-state index in [9.17, 15) is 14.7 Å². The monoisotopic (exact) mass is 391 g/mol. The van der Waals surface area contributed by atoms with Crippen LogP contribution >= 0.6 is 0 Å². The lowest BCUT2D eigenvalue weighted by Crippen LogP contribution is -2.30. The molecule has 0 aromatic heterocycles. The van der Waals surface area contributed by atoms with Gasteiger partial charge in [-0.2, -0.15) is 0 Å². The number of ether oxygens (including phenoxy) is 2. The van der Waals surface area contributed by atoms with Crippen molar-refractivity contribution in [3.8, 4) is 17.2 Å². The second-order valence-corrected chi connectivity index (χ2v) is 6.40. The highest BCUT2D eigenvalue weighted by atomic mass is 16.5. The molecule has 29 heavy (non-hydrogen) atoms. The zero-order valence-corrected chi connectivity index (χ0v) is 15.9. The number of esters is 1. The van der Waals surface area contributed by atoms with Crippen molar-refractivity contribution in [3.05, 3.63) is 84.4 Å². The van der Waals surface area contributed by atoms with E-state index >= 15 is 0 Å². The summed E-state index contributed by atoms with van der Waals surface area (Å²) < 4.78 is 10.9. The number of anilines is 1. The molecule has 0 bridgehead atoms. The largest absolute Gasteiger partial charge is 0.508 e. The zero-order chi connectivity index (χ0) is 20.6. The number of benzene rings is 3. The third kappa shape index (κ3) is 6.10. The van der Waals surface area contributed by atoms with Crippen LogP contribution in [-0.4, -0.2) is 23.1 Å². The number of amides is 1. The van der Waals surface area contributed by atoms with Crippen LogP contribution in [0.2, 0.25) is 0 Å². The second-order valence-electron chi connectivity index (χ2n) is 6.40. The number of carbonyl (C=O) groups excluding carboxylic acids is 2. The molecule has 6 nitrogen and oxygen atoms in total. The topological polar surface area (TPSA) is 84.9 Å². The third-order valence-electron chi connectivity index (χ3n) is 4.06. The van der Waals surface area contributed by atoms with Gasteiger partial charge >= 0.3 is 5.97 Å². The fraction of sp³-hybridized carbons (Fsp3) is 0.130. The van der Waals surface area contributed by atoms with Crippen LogP contribution in [0.5, 0.6) is 17.2 Å². The summed E-state index contributed by atoms with van der Waals surface area (Å²) in [4.78, 5) is 24.3. The minimum absolute atomic E-state index is 0.0173. The van der Waals surface area contributed by atoms with Crippen molar-refractivity contribution in [2.24, 2.45) is 0 Å². The number of phenolic OH excluding ortho intramolecular Hbond substituents is 1. The summed E-state index contributed by atoms with van der Waals surface area (Å²) in [6.45, 7) is 1.51. The Morgan fingerprint density at radius 2 is 1.52 bits per heavy atom. The molecule has 0 saturated heterocycles. The molecule has 0 heterocycles. The molecule has 3 aromatic carbocycles. The maximum atomic E-state index is 12.3. The molecular weight excluding hydrogens is 370 g/mol. The Morgan fingerprint density at radius 3 is 2.17 bits per heavy atom. The summed E-state index contributed by atoms with van der Waals surface area (Å²) in [5.41, 5.74) is 1.26. The molecule has 148 valence electrons. The Bertz CT molecular complexity index is 953. The summed E-state index contributed by atoms with van der Waals surface area (Å²) in [6.07, 6.45) is -0.927. The molecule has 0 spiro atoms. The molecule has 0 aliphatic heterocycles. The Balaban J connectivity index is 1.49. The van der Waals surface area contributed by atoms with Crippen LogP contribution in [0.1, 0.15) is 12.5 Å². The van der Waals surface area contributed by atoms with E-state index in [1.165, 1.54) is 19.1 Å². The van der Waals surface area contributed by atoms with Crippen molar-refractivity contribution in [1.29, 1.82) is 0 Å². The molecule has 2 N–H and O–H groups in total. The Kier molecular flexibility index (Phi) is 6.47. The second kappa shape index (κ2) is 9.41. The summed E-state index contributed by atoms with van der Waals surface area (Å²) in [5, 5.41) is 12.0. The van der Waals surface area contributed by atoms with Gasteiger partial charge in [0, 0.05) is 5.69 Å². The number of hydrogen-bond acceptors (Lipinski definition) is 5. The van der Waals surface area contributed by atoms with E-state index in [4.69, 9.17) is 9.47 Å². The van der Waals surface area contributed by atoms with Crippen LogP contribution in [0.4, 0.5) is 5.69 Å². The number of phenols is 1. The Labute approximate surface area is 168 Å². The standard InChI is InChI=1S/C23H21NO5/c1-16(28-22(26)15-17-7-11-19(25)12-8-17)23(27)24-18-9-13-21(14-10-18)29-20-5-3-2-4-6-20/h2-14,16,25H,15H2,1H3,(H,24,27)/t16-/m0/s1. The molecule has 3 rings (SSSR count). The number of nitrogens with one attached hydrogen (secondary N) is 1. The third-order valence-corrected chi connectivity index (χ3v) is 4.06. The van der Waals surface area contributed by atoms with Gasteiger partial charge in [-0.3, -0.25) is 9.59 Å². The lowest BCUT2D eigenvalue weighted by molar-refractivity contribution is -0.152. The summed E-state index contributed by atoms with van der Waals surface area (Å²) in [6, 6.07) is 22.5. The minimum Gasteiger partial charge on any atom is -0.508 e. The molecule has 0 fully saturated rings. The number of rotatable bonds is 7. The van der Waals surface area contributed by atoms with Gasteiger partial charge in [-0.1, -0.05) is 30.3 Å². The number of carbonyl (C=O) groups is 2. The first-order chi connectivity index (χ1) is 14.0. The lowest BCUT2D eigenvalue weighted by Gasteiger charge is -2.14. The highest BCUT2D eigenvalue weighted by Gasteiger charge is 2.18. The first-order valence-electron chi connectivity index (χ1n) is 9.11. The SMILES string of the molecule is C[C@H](OC(=O)Cc1ccc(O)cc1)C(=O)Nc1ccc(Oc2ccccc2)cc1. The van der Waals surface area contributed by atoms with Crippen molar-refractivity contribution in [3.63, 3.8) is 0 Å². The predicted octanol–water partition coefficient (Wildman–Crippen LogP) is 4.30. The van der Waals surface area contributed by atoms with Crippen LogP contribution < -0.4 is 10.1 Å². The normalized spacial score (nSPS) is 11.3. The van der Waals surface area contributed by atoms with Gasteiger partial charge in [0.05, 0.1) is 6.42 Å². The summed E-state index contributed by atoms with van der Waals surface area (Å²) in [7, 11) is 0. The molecular formula is C23H21NO5. The van der Waals surface area contributed by atoms with Crippen molar-refractivity contribution < 1.29 is 24.2 Å². The van der Waals surface area contributed by atoms with E-state index < -0.39 is 18.0 Å². The smallest absolute Gasteiger partial charge is 0.311 e. The van der Waals surface area contributed by atoms with Crippen molar-refractivity contribution in [1.82, 2.24) is 0 Å². The predicted molar refractivity (Wildman–Crippen MR) is 109 cm³/mol. The maximum Gasteiger partial charge on any atom is 0.311 e. The van der Waals surface area contributed by atoms with Gasteiger partial charge in [0.25, 0.3) is 5.91 Å². The van der Waals surface area contributed by atoms with E-state index in [2.05, 4.69) is 5.32 Å². The number of para-hydroxylation sites is 1. The Hall–Kier alpha value is -3.80. The van der Waals surface area contributed by atoms with Gasteiger partial charge in [0.2, 0.25) is 0 Å².